The highest BCUT2D eigenvalue weighted by atomic mass is 32.2. The molecule has 0 atom stereocenters. The molecule has 0 aromatic heterocycles. The molecule has 0 amide bonds. The van der Waals surface area contributed by atoms with Crippen LogP contribution in [-0.4, -0.2) is 39.1 Å². The van der Waals surface area contributed by atoms with Crippen molar-refractivity contribution in [1.29, 1.82) is 0 Å². The van der Waals surface area contributed by atoms with Gasteiger partial charge in [0.2, 0.25) is 10.0 Å². The Balaban J connectivity index is 3.01. The van der Waals surface area contributed by atoms with E-state index in [1.807, 2.05) is 0 Å². The Labute approximate surface area is 129 Å². The number of hydrogen-bond acceptors (Lipinski definition) is 6. The first-order valence-electron chi connectivity index (χ1n) is 6.53. The number of aryl methyl sites for hydroxylation is 1. The maximum Gasteiger partial charge on any atom is 0.306 e. The molecule has 0 unspecified atom stereocenters. The van der Waals surface area contributed by atoms with Crippen molar-refractivity contribution in [3.05, 3.63) is 29.3 Å². The molecule has 0 aliphatic carbocycles. The largest absolute Gasteiger partial charge is 0.469 e. The van der Waals surface area contributed by atoms with Gasteiger partial charge in [-0.2, -0.15) is 0 Å². The van der Waals surface area contributed by atoms with E-state index in [9.17, 15) is 13.2 Å². The van der Waals surface area contributed by atoms with Crippen molar-refractivity contribution in [1.82, 2.24) is 4.72 Å². The third-order valence-corrected chi connectivity index (χ3v) is 4.54. The van der Waals surface area contributed by atoms with Crippen LogP contribution in [0.3, 0.4) is 0 Å². The zero-order chi connectivity index (χ0) is 16.8. The van der Waals surface area contributed by atoms with Gasteiger partial charge < -0.3 is 15.7 Å². The van der Waals surface area contributed by atoms with Crippen molar-refractivity contribution in [2.24, 2.45) is 10.9 Å². The molecule has 0 aliphatic rings. The maximum absolute atomic E-state index is 12.3. The first-order valence-corrected chi connectivity index (χ1v) is 8.01. The molecule has 0 saturated heterocycles. The number of sulfonamides is 1. The summed E-state index contributed by atoms with van der Waals surface area (Å²) >= 11 is 0. The number of methoxy groups -OCH3 is 1. The molecule has 1 aromatic carbocycles. The monoisotopic (exact) mass is 329 g/mol. The number of esters is 1. The quantitative estimate of drug-likeness (QED) is 0.215. The number of rotatable bonds is 7. The summed E-state index contributed by atoms with van der Waals surface area (Å²) in [5.74, 6) is -0.599. The molecule has 0 radical (unpaired) electrons. The molecule has 1 rings (SSSR count). The van der Waals surface area contributed by atoms with Crippen LogP contribution >= 0.6 is 0 Å². The highest BCUT2D eigenvalue weighted by Crippen LogP contribution is 2.18. The third-order valence-electron chi connectivity index (χ3n) is 2.98. The fourth-order valence-electron chi connectivity index (χ4n) is 1.80. The molecule has 0 bridgehead atoms. The summed E-state index contributed by atoms with van der Waals surface area (Å²) in [5, 5.41) is 11.5. The molecule has 0 spiro atoms. The Kier molecular flexibility index (Phi) is 6.32. The summed E-state index contributed by atoms with van der Waals surface area (Å²) < 4.78 is 31.3. The van der Waals surface area contributed by atoms with Gasteiger partial charge in [-0.15, -0.1) is 0 Å². The van der Waals surface area contributed by atoms with Crippen molar-refractivity contribution < 1.29 is 23.2 Å². The molecule has 4 N–H and O–H groups in total. The second-order valence-electron chi connectivity index (χ2n) is 4.39. The number of hydrogen-bond donors (Lipinski definition) is 3. The van der Waals surface area contributed by atoms with Gasteiger partial charge in [0, 0.05) is 12.1 Å². The van der Waals surface area contributed by atoms with Crippen molar-refractivity contribution in [2.75, 3.05) is 13.7 Å². The van der Waals surface area contributed by atoms with E-state index in [1.54, 1.807) is 13.0 Å². The number of benzene rings is 1. The van der Waals surface area contributed by atoms with E-state index < -0.39 is 16.0 Å². The average molecular weight is 329 g/mol. The van der Waals surface area contributed by atoms with Gasteiger partial charge in [-0.1, -0.05) is 12.1 Å². The minimum atomic E-state index is -3.76. The van der Waals surface area contributed by atoms with Crippen LogP contribution in [0.5, 0.6) is 0 Å². The molecule has 8 nitrogen and oxygen atoms in total. The van der Waals surface area contributed by atoms with E-state index in [0.29, 0.717) is 17.5 Å². The smallest absolute Gasteiger partial charge is 0.306 e. The molecule has 0 fully saturated rings. The van der Waals surface area contributed by atoms with Gasteiger partial charge in [0.25, 0.3) is 0 Å². The number of oxime groups is 1. The predicted octanol–water partition coefficient (Wildman–Crippen LogP) is 0.185. The lowest BCUT2D eigenvalue weighted by molar-refractivity contribution is -0.140. The molecule has 122 valence electrons. The highest BCUT2D eigenvalue weighted by molar-refractivity contribution is 7.89. The van der Waals surface area contributed by atoms with Gasteiger partial charge in [0.15, 0.2) is 5.84 Å². The van der Waals surface area contributed by atoms with Crippen LogP contribution in [-0.2, 0) is 26.0 Å². The van der Waals surface area contributed by atoms with E-state index in [1.165, 1.54) is 19.2 Å². The van der Waals surface area contributed by atoms with Crippen molar-refractivity contribution >= 4 is 21.8 Å². The summed E-state index contributed by atoms with van der Waals surface area (Å²) in [7, 11) is -2.52. The van der Waals surface area contributed by atoms with Crippen LogP contribution in [0.15, 0.2) is 28.3 Å². The zero-order valence-electron chi connectivity index (χ0n) is 12.4. The Morgan fingerprint density at radius 3 is 2.68 bits per heavy atom. The fourth-order valence-corrected chi connectivity index (χ4v) is 3.12. The van der Waals surface area contributed by atoms with Crippen molar-refractivity contribution in [3.8, 4) is 0 Å². The van der Waals surface area contributed by atoms with Gasteiger partial charge in [-0.25, -0.2) is 13.1 Å². The maximum atomic E-state index is 12.3. The molecule has 9 heteroatoms. The third kappa shape index (κ3) is 4.43. The van der Waals surface area contributed by atoms with Crippen LogP contribution in [0.4, 0.5) is 0 Å². The number of carbonyl (C=O) groups excluding carboxylic acids is 1. The van der Waals surface area contributed by atoms with E-state index in [4.69, 9.17) is 10.9 Å². The SMILES string of the molecule is CCc1cc(C(N)=NO)ccc1S(=O)(=O)NCCC(=O)OC. The van der Waals surface area contributed by atoms with E-state index in [0.717, 1.165) is 0 Å². The summed E-state index contributed by atoms with van der Waals surface area (Å²) in [6.07, 6.45) is 0.388. The predicted molar refractivity (Wildman–Crippen MR) is 80.2 cm³/mol. The fraction of sp³-hybridized carbons (Fsp3) is 0.385. The van der Waals surface area contributed by atoms with Gasteiger partial charge in [-0.05, 0) is 30.2 Å². The Hall–Kier alpha value is -2.13. The number of nitrogens with zero attached hydrogens (tertiary/aromatic N) is 1. The van der Waals surface area contributed by atoms with Crippen molar-refractivity contribution in [2.45, 2.75) is 24.7 Å². The van der Waals surface area contributed by atoms with Gasteiger partial charge in [0.1, 0.15) is 0 Å². The molecule has 0 aliphatic heterocycles. The molecule has 22 heavy (non-hydrogen) atoms. The Morgan fingerprint density at radius 1 is 1.45 bits per heavy atom. The van der Waals surface area contributed by atoms with Crippen LogP contribution in [0.25, 0.3) is 0 Å². The second-order valence-corrected chi connectivity index (χ2v) is 6.12. The molecule has 0 saturated carbocycles. The Morgan fingerprint density at radius 2 is 2.14 bits per heavy atom. The summed E-state index contributed by atoms with van der Waals surface area (Å²) in [6, 6.07) is 4.37. The number of nitrogens with one attached hydrogen (secondary N) is 1. The number of nitrogens with two attached hydrogens (primary N) is 1. The van der Waals surface area contributed by atoms with E-state index in [-0.39, 0.29) is 23.7 Å². The molecule has 0 heterocycles. The van der Waals surface area contributed by atoms with Crippen LogP contribution < -0.4 is 10.5 Å². The summed E-state index contributed by atoms with van der Waals surface area (Å²) in [4.78, 5) is 11.1. The van der Waals surface area contributed by atoms with E-state index in [2.05, 4.69) is 14.6 Å². The van der Waals surface area contributed by atoms with Crippen molar-refractivity contribution in [3.63, 3.8) is 0 Å². The Bertz CT molecular complexity index is 670. The normalized spacial score (nSPS) is 12.2. The zero-order valence-corrected chi connectivity index (χ0v) is 13.2. The number of amidine groups is 1. The van der Waals surface area contributed by atoms with Gasteiger partial charge >= 0.3 is 5.97 Å². The standard InChI is InChI=1S/C13H19N3O5S/c1-3-9-8-10(13(14)16-18)4-5-11(9)22(19,20)15-7-6-12(17)21-2/h4-5,8,15,18H,3,6-7H2,1-2H3,(H2,14,16). The number of ether oxygens (including phenoxy) is 1. The highest BCUT2D eigenvalue weighted by Gasteiger charge is 2.19. The topological polar surface area (TPSA) is 131 Å². The minimum Gasteiger partial charge on any atom is -0.469 e. The number of carbonyl (C=O) groups is 1. The van der Waals surface area contributed by atoms with Gasteiger partial charge in [-0.3, -0.25) is 4.79 Å². The lowest BCUT2D eigenvalue weighted by Gasteiger charge is -2.11. The lowest BCUT2D eigenvalue weighted by atomic mass is 10.1. The van der Waals surface area contributed by atoms with Crippen LogP contribution in [0.1, 0.15) is 24.5 Å². The van der Waals surface area contributed by atoms with Gasteiger partial charge in [0.05, 0.1) is 18.4 Å². The van der Waals surface area contributed by atoms with E-state index >= 15 is 0 Å². The summed E-state index contributed by atoms with van der Waals surface area (Å²) in [5.41, 5.74) is 6.44. The van der Waals surface area contributed by atoms with Crippen LogP contribution in [0.2, 0.25) is 0 Å². The average Bonchev–Trinajstić information content (AvgIpc) is 2.52. The molecular formula is C13H19N3O5S. The lowest BCUT2D eigenvalue weighted by Crippen LogP contribution is -2.27. The first-order chi connectivity index (χ1) is 10.4. The first kappa shape index (κ1) is 17.9. The van der Waals surface area contributed by atoms with Crippen LogP contribution in [0, 0.1) is 0 Å². The minimum absolute atomic E-state index is 0.0554. The second kappa shape index (κ2) is 7.76. The summed E-state index contributed by atoms with van der Waals surface area (Å²) in [6.45, 7) is 1.74. The molecular weight excluding hydrogens is 310 g/mol. The molecule has 1 aromatic rings.